The first-order chi connectivity index (χ1) is 11.9. The van der Waals surface area contributed by atoms with Crippen LogP contribution in [0.25, 0.3) is 6.08 Å². The molecule has 0 atom stereocenters. The number of benzene rings is 2. The molecule has 0 aromatic heterocycles. The van der Waals surface area contributed by atoms with Crippen LogP contribution < -0.4 is 4.74 Å². The molecule has 0 saturated carbocycles. The van der Waals surface area contributed by atoms with Gasteiger partial charge in [0.1, 0.15) is 5.82 Å². The molecule has 2 rings (SSSR count). The van der Waals surface area contributed by atoms with E-state index in [2.05, 4.69) is 15.9 Å². The number of rotatable bonds is 6. The Kier molecular flexibility index (Phi) is 6.30. The number of aromatic hydroxyl groups is 1. The molecule has 0 aliphatic rings. The van der Waals surface area contributed by atoms with Crippen LogP contribution in [0.5, 0.6) is 11.5 Å². The Morgan fingerprint density at radius 2 is 2.04 bits per heavy atom. The minimum Gasteiger partial charge on any atom is -0.503 e. The van der Waals surface area contributed by atoms with Crippen molar-refractivity contribution in [2.45, 2.75) is 0 Å². The Morgan fingerprint density at radius 3 is 2.72 bits per heavy atom. The number of phenolic OH excluding ortho intramolecular Hbond substituents is 1. The highest BCUT2D eigenvalue weighted by Crippen LogP contribution is 2.35. The van der Waals surface area contributed by atoms with Crippen LogP contribution in [0.1, 0.15) is 15.9 Å². The molecule has 0 radical (unpaired) electrons. The molecule has 0 amide bonds. The Morgan fingerprint density at radius 1 is 1.28 bits per heavy atom. The number of carbonyl (C=O) groups is 2. The number of esters is 1. The van der Waals surface area contributed by atoms with Gasteiger partial charge in [-0.15, -0.1) is 0 Å². The van der Waals surface area contributed by atoms with E-state index in [4.69, 9.17) is 9.47 Å². The van der Waals surface area contributed by atoms with Crippen LogP contribution in [-0.4, -0.2) is 30.6 Å². The van der Waals surface area contributed by atoms with E-state index in [-0.39, 0.29) is 17.1 Å². The molecule has 2 aromatic rings. The van der Waals surface area contributed by atoms with Gasteiger partial charge in [0.05, 0.1) is 11.6 Å². The van der Waals surface area contributed by atoms with E-state index in [1.54, 1.807) is 6.07 Å². The number of ether oxygens (including phenoxy) is 2. The lowest BCUT2D eigenvalue weighted by atomic mass is 10.1. The van der Waals surface area contributed by atoms with Crippen molar-refractivity contribution >= 4 is 33.8 Å². The molecule has 0 aliphatic heterocycles. The summed E-state index contributed by atoms with van der Waals surface area (Å²) in [6.45, 7) is -0.491. The lowest BCUT2D eigenvalue weighted by molar-refractivity contribution is -0.136. The first-order valence-corrected chi connectivity index (χ1v) is 7.90. The topological polar surface area (TPSA) is 72.8 Å². The van der Waals surface area contributed by atoms with Crippen molar-refractivity contribution in [2.75, 3.05) is 13.7 Å². The molecule has 5 nitrogen and oxygen atoms in total. The van der Waals surface area contributed by atoms with Crippen LogP contribution in [0.3, 0.4) is 0 Å². The normalized spacial score (nSPS) is 10.7. The molecular weight excluding hydrogens is 395 g/mol. The number of methoxy groups -OCH3 is 1. The van der Waals surface area contributed by atoms with E-state index in [1.165, 1.54) is 37.5 Å². The summed E-state index contributed by atoms with van der Waals surface area (Å²) >= 11 is 3.17. The smallest absolute Gasteiger partial charge is 0.331 e. The average molecular weight is 409 g/mol. The fourth-order valence-corrected chi connectivity index (χ4v) is 2.40. The first kappa shape index (κ1) is 18.7. The molecule has 0 bridgehead atoms. The number of halogens is 2. The maximum absolute atomic E-state index is 13.1. The Labute approximate surface area is 151 Å². The van der Waals surface area contributed by atoms with Gasteiger partial charge < -0.3 is 14.6 Å². The number of carbonyl (C=O) groups excluding carboxylic acids is 2. The zero-order valence-electron chi connectivity index (χ0n) is 13.2. The summed E-state index contributed by atoms with van der Waals surface area (Å²) in [5, 5.41) is 9.72. The number of phenols is 1. The monoisotopic (exact) mass is 408 g/mol. The van der Waals surface area contributed by atoms with Crippen molar-refractivity contribution < 1.29 is 28.6 Å². The number of hydrogen-bond donors (Lipinski definition) is 1. The molecule has 0 aliphatic carbocycles. The minimum absolute atomic E-state index is 0.0529. The van der Waals surface area contributed by atoms with Crippen LogP contribution in [0.2, 0.25) is 0 Å². The summed E-state index contributed by atoms with van der Waals surface area (Å²) in [6, 6.07) is 8.25. The van der Waals surface area contributed by atoms with E-state index < -0.39 is 24.2 Å². The first-order valence-electron chi connectivity index (χ1n) is 7.11. The molecule has 130 valence electrons. The highest BCUT2D eigenvalue weighted by atomic mass is 79.9. The summed E-state index contributed by atoms with van der Waals surface area (Å²) in [7, 11) is 1.40. The fraction of sp³-hybridized carbons (Fsp3) is 0.111. The zero-order valence-corrected chi connectivity index (χ0v) is 14.7. The van der Waals surface area contributed by atoms with Gasteiger partial charge in [-0.1, -0.05) is 12.1 Å². The number of hydrogen-bond acceptors (Lipinski definition) is 5. The third-order valence-electron chi connectivity index (χ3n) is 3.17. The quantitative estimate of drug-likeness (QED) is 0.447. The molecule has 7 heteroatoms. The highest BCUT2D eigenvalue weighted by Gasteiger charge is 2.10. The van der Waals surface area contributed by atoms with Crippen LogP contribution in [0.15, 0.2) is 46.9 Å². The third kappa shape index (κ3) is 5.15. The van der Waals surface area contributed by atoms with E-state index in [9.17, 15) is 19.1 Å². The van der Waals surface area contributed by atoms with Crippen LogP contribution in [0.4, 0.5) is 4.39 Å². The molecular formula is C18H14BrFO5. The molecule has 0 heterocycles. The standard InChI is InChI=1S/C18H14BrFO5/c1-24-16-8-11(7-14(19)18(16)23)5-6-17(22)25-10-15(21)12-3-2-4-13(20)9-12/h2-9,23H,10H2,1H3/b6-5+. The zero-order chi connectivity index (χ0) is 18.4. The van der Waals surface area contributed by atoms with Gasteiger partial charge in [0.15, 0.2) is 23.9 Å². The Hall–Kier alpha value is -2.67. The third-order valence-corrected chi connectivity index (χ3v) is 3.78. The van der Waals surface area contributed by atoms with Gasteiger partial charge in [-0.05, 0) is 51.8 Å². The summed E-state index contributed by atoms with van der Waals surface area (Å²) in [5.74, 6) is -1.58. The molecule has 0 fully saturated rings. The number of ketones is 1. The second-order valence-corrected chi connectivity index (χ2v) is 5.78. The van der Waals surface area contributed by atoms with Gasteiger partial charge in [0.2, 0.25) is 0 Å². The van der Waals surface area contributed by atoms with Gasteiger partial charge in [-0.3, -0.25) is 4.79 Å². The highest BCUT2D eigenvalue weighted by molar-refractivity contribution is 9.10. The lowest BCUT2D eigenvalue weighted by Crippen LogP contribution is -2.12. The van der Waals surface area contributed by atoms with Gasteiger partial charge in [0.25, 0.3) is 0 Å². The second-order valence-electron chi connectivity index (χ2n) is 4.93. The summed E-state index contributed by atoms with van der Waals surface area (Å²) in [4.78, 5) is 23.5. The average Bonchev–Trinajstić information content (AvgIpc) is 2.60. The summed E-state index contributed by atoms with van der Waals surface area (Å²) in [5.41, 5.74) is 0.707. The van der Waals surface area contributed by atoms with Crippen LogP contribution in [-0.2, 0) is 9.53 Å². The maximum atomic E-state index is 13.1. The second kappa shape index (κ2) is 8.43. The van der Waals surface area contributed by atoms with E-state index in [0.717, 1.165) is 12.1 Å². The fourth-order valence-electron chi connectivity index (χ4n) is 1.94. The van der Waals surface area contributed by atoms with E-state index >= 15 is 0 Å². The Bertz CT molecular complexity index is 832. The number of Topliss-reactive ketones (excluding diaryl/α,β-unsaturated/α-hetero) is 1. The van der Waals surface area contributed by atoms with Gasteiger partial charge in [-0.2, -0.15) is 0 Å². The van der Waals surface area contributed by atoms with Crippen LogP contribution in [0, 0.1) is 5.82 Å². The molecule has 1 N–H and O–H groups in total. The molecule has 0 spiro atoms. The van der Waals surface area contributed by atoms with E-state index in [1.807, 2.05) is 0 Å². The van der Waals surface area contributed by atoms with Gasteiger partial charge in [-0.25, -0.2) is 9.18 Å². The molecule has 0 saturated heterocycles. The summed E-state index contributed by atoms with van der Waals surface area (Å²) < 4.78 is 23.3. The lowest BCUT2D eigenvalue weighted by Gasteiger charge is -2.06. The van der Waals surface area contributed by atoms with Crippen molar-refractivity contribution in [3.8, 4) is 11.5 Å². The van der Waals surface area contributed by atoms with Crippen molar-refractivity contribution in [2.24, 2.45) is 0 Å². The molecule has 2 aromatic carbocycles. The van der Waals surface area contributed by atoms with Crippen molar-refractivity contribution in [1.29, 1.82) is 0 Å². The van der Waals surface area contributed by atoms with Gasteiger partial charge in [0, 0.05) is 11.6 Å². The predicted molar refractivity (Wildman–Crippen MR) is 93.1 cm³/mol. The molecule has 0 unspecified atom stereocenters. The van der Waals surface area contributed by atoms with Crippen molar-refractivity contribution in [1.82, 2.24) is 0 Å². The van der Waals surface area contributed by atoms with E-state index in [0.29, 0.717) is 10.0 Å². The summed E-state index contributed by atoms with van der Waals surface area (Å²) in [6.07, 6.45) is 2.58. The SMILES string of the molecule is COc1cc(/C=C/C(=O)OCC(=O)c2cccc(F)c2)cc(Br)c1O. The minimum atomic E-state index is -0.729. The van der Waals surface area contributed by atoms with Crippen molar-refractivity contribution in [3.63, 3.8) is 0 Å². The predicted octanol–water partition coefficient (Wildman–Crippen LogP) is 3.74. The largest absolute Gasteiger partial charge is 0.503 e. The van der Waals surface area contributed by atoms with Gasteiger partial charge >= 0.3 is 5.97 Å². The Balaban J connectivity index is 1.97. The van der Waals surface area contributed by atoms with Crippen molar-refractivity contribution in [3.05, 3.63) is 63.9 Å². The molecule has 25 heavy (non-hydrogen) atoms. The van der Waals surface area contributed by atoms with Crippen LogP contribution >= 0.6 is 15.9 Å². The maximum Gasteiger partial charge on any atom is 0.331 e.